The number of rotatable bonds is 3. The van der Waals surface area contributed by atoms with Gasteiger partial charge in [-0.05, 0) is 42.4 Å². The van der Waals surface area contributed by atoms with Crippen molar-refractivity contribution < 1.29 is 9.90 Å². The maximum Gasteiger partial charge on any atom is 0.276 e. The summed E-state index contributed by atoms with van der Waals surface area (Å²) in [4.78, 5) is 23.5. The monoisotopic (exact) mass is 388 g/mol. The van der Waals surface area contributed by atoms with Crippen LogP contribution in [0.4, 0.5) is 11.6 Å². The number of piperidine rings is 1. The summed E-state index contributed by atoms with van der Waals surface area (Å²) in [6, 6.07) is 5.20. The van der Waals surface area contributed by atoms with Crippen molar-refractivity contribution in [2.24, 2.45) is 0 Å². The first-order valence-electron chi connectivity index (χ1n) is 9.18. The Balaban J connectivity index is 1.86. The molecule has 0 spiro atoms. The van der Waals surface area contributed by atoms with Gasteiger partial charge in [-0.25, -0.2) is 9.97 Å². The number of halogens is 1. The molecule has 2 heterocycles. The zero-order valence-electron chi connectivity index (χ0n) is 15.9. The largest absolute Gasteiger partial charge is 0.506 e. The fourth-order valence-electron chi connectivity index (χ4n) is 3.05. The van der Waals surface area contributed by atoms with Gasteiger partial charge in [-0.3, -0.25) is 4.79 Å². The zero-order chi connectivity index (χ0) is 19.6. The van der Waals surface area contributed by atoms with Gasteiger partial charge in [0.2, 0.25) is 5.95 Å². The van der Waals surface area contributed by atoms with Crippen molar-refractivity contribution in [2.45, 2.75) is 45.4 Å². The summed E-state index contributed by atoms with van der Waals surface area (Å²) < 4.78 is 0. The molecule has 0 radical (unpaired) electrons. The van der Waals surface area contributed by atoms with Crippen LogP contribution in [0.25, 0.3) is 0 Å². The summed E-state index contributed by atoms with van der Waals surface area (Å²) in [5.41, 5.74) is 1.33. The van der Waals surface area contributed by atoms with Crippen molar-refractivity contribution in [3.8, 4) is 5.75 Å². The molecule has 1 aromatic carbocycles. The van der Waals surface area contributed by atoms with Gasteiger partial charge in [-0.2, -0.15) is 0 Å². The molecule has 2 aromatic rings. The van der Waals surface area contributed by atoms with Crippen molar-refractivity contribution in [3.63, 3.8) is 0 Å². The minimum Gasteiger partial charge on any atom is -0.506 e. The topological polar surface area (TPSA) is 78.3 Å². The molecule has 144 valence electrons. The van der Waals surface area contributed by atoms with Crippen LogP contribution in [0.15, 0.2) is 24.4 Å². The summed E-state index contributed by atoms with van der Waals surface area (Å²) in [6.07, 6.45) is 4.82. The quantitative estimate of drug-likeness (QED) is 0.763. The Morgan fingerprint density at radius 3 is 2.59 bits per heavy atom. The number of anilines is 2. The Bertz CT molecular complexity index is 842. The summed E-state index contributed by atoms with van der Waals surface area (Å²) in [5, 5.41) is 13.0. The van der Waals surface area contributed by atoms with Crippen LogP contribution in [0, 0.1) is 0 Å². The van der Waals surface area contributed by atoms with E-state index in [4.69, 9.17) is 11.6 Å². The maximum atomic E-state index is 12.8. The highest BCUT2D eigenvalue weighted by Gasteiger charge is 2.21. The van der Waals surface area contributed by atoms with E-state index in [2.05, 4.69) is 41.0 Å². The smallest absolute Gasteiger partial charge is 0.276 e. The summed E-state index contributed by atoms with van der Waals surface area (Å²) in [5.74, 6) is 0.0386. The number of carbonyl (C=O) groups excluding carboxylic acids is 1. The average Bonchev–Trinajstić information content (AvgIpc) is 2.63. The van der Waals surface area contributed by atoms with Crippen LogP contribution < -0.4 is 10.2 Å². The van der Waals surface area contributed by atoms with E-state index < -0.39 is 5.91 Å². The number of hydrogen-bond acceptors (Lipinski definition) is 5. The maximum absolute atomic E-state index is 12.8. The molecule has 3 rings (SSSR count). The first-order chi connectivity index (χ1) is 12.8. The Morgan fingerprint density at radius 2 is 1.93 bits per heavy atom. The molecule has 7 heteroatoms. The van der Waals surface area contributed by atoms with E-state index in [1.165, 1.54) is 12.6 Å². The third kappa shape index (κ3) is 4.50. The molecule has 1 aliphatic heterocycles. The SMILES string of the molecule is CC(C)(C)c1ccc(O)c(NC(=O)c2nc(N3CCCCC3)ncc2Cl)c1. The normalized spacial score (nSPS) is 14.9. The molecule has 0 bridgehead atoms. The van der Waals surface area contributed by atoms with E-state index in [9.17, 15) is 9.90 Å². The third-order valence-electron chi connectivity index (χ3n) is 4.70. The van der Waals surface area contributed by atoms with E-state index in [1.54, 1.807) is 12.1 Å². The average molecular weight is 389 g/mol. The van der Waals surface area contributed by atoms with Gasteiger partial charge in [0.1, 0.15) is 5.75 Å². The van der Waals surface area contributed by atoms with Crippen molar-refractivity contribution in [1.82, 2.24) is 9.97 Å². The van der Waals surface area contributed by atoms with Gasteiger partial charge >= 0.3 is 0 Å². The van der Waals surface area contributed by atoms with E-state index in [0.29, 0.717) is 11.6 Å². The number of nitrogens with zero attached hydrogens (tertiary/aromatic N) is 3. The molecule has 27 heavy (non-hydrogen) atoms. The number of aromatic hydroxyl groups is 1. The van der Waals surface area contributed by atoms with E-state index in [-0.39, 0.29) is 21.9 Å². The molecule has 0 atom stereocenters. The fourth-order valence-corrected chi connectivity index (χ4v) is 3.22. The van der Waals surface area contributed by atoms with Crippen molar-refractivity contribution in [1.29, 1.82) is 0 Å². The van der Waals surface area contributed by atoms with Crippen LogP contribution in [0.2, 0.25) is 5.02 Å². The second-order valence-electron chi connectivity index (χ2n) is 7.85. The molecule has 1 amide bonds. The van der Waals surface area contributed by atoms with Crippen molar-refractivity contribution in [3.05, 3.63) is 40.7 Å². The summed E-state index contributed by atoms with van der Waals surface area (Å²) in [6.45, 7) is 7.94. The lowest BCUT2D eigenvalue weighted by Crippen LogP contribution is -2.31. The van der Waals surface area contributed by atoms with Crippen molar-refractivity contribution >= 4 is 29.1 Å². The van der Waals surface area contributed by atoms with Gasteiger partial charge in [-0.15, -0.1) is 0 Å². The molecule has 1 saturated heterocycles. The van der Waals surface area contributed by atoms with Crippen LogP contribution in [0.5, 0.6) is 5.75 Å². The Hall–Kier alpha value is -2.34. The zero-order valence-corrected chi connectivity index (χ0v) is 16.7. The molecule has 0 saturated carbocycles. The third-order valence-corrected chi connectivity index (χ3v) is 4.97. The Labute approximate surface area is 164 Å². The lowest BCUT2D eigenvalue weighted by atomic mass is 9.87. The van der Waals surface area contributed by atoms with E-state index in [0.717, 1.165) is 31.5 Å². The summed E-state index contributed by atoms with van der Waals surface area (Å²) in [7, 11) is 0. The number of phenolic OH excluding ortho intramolecular Hbond substituents is 1. The molecule has 1 aromatic heterocycles. The molecular weight excluding hydrogens is 364 g/mol. The number of carbonyl (C=O) groups is 1. The predicted octanol–water partition coefficient (Wildman–Crippen LogP) is 4.38. The number of hydrogen-bond donors (Lipinski definition) is 2. The lowest BCUT2D eigenvalue weighted by molar-refractivity contribution is 0.102. The van der Waals surface area contributed by atoms with Crippen LogP contribution in [0.1, 0.15) is 56.1 Å². The van der Waals surface area contributed by atoms with Crippen molar-refractivity contribution in [2.75, 3.05) is 23.3 Å². The van der Waals surface area contributed by atoms with Gasteiger partial charge in [0, 0.05) is 13.1 Å². The number of aromatic nitrogens is 2. The van der Waals surface area contributed by atoms with Gasteiger partial charge in [-0.1, -0.05) is 38.4 Å². The highest BCUT2D eigenvalue weighted by molar-refractivity contribution is 6.34. The molecule has 0 unspecified atom stereocenters. The Morgan fingerprint density at radius 1 is 1.22 bits per heavy atom. The van der Waals surface area contributed by atoms with Crippen LogP contribution in [-0.4, -0.2) is 34.1 Å². The highest BCUT2D eigenvalue weighted by Crippen LogP contribution is 2.31. The van der Waals surface area contributed by atoms with Crippen LogP contribution >= 0.6 is 11.6 Å². The molecule has 6 nitrogen and oxygen atoms in total. The molecule has 0 aliphatic carbocycles. The molecule has 1 aliphatic rings. The first-order valence-corrected chi connectivity index (χ1v) is 9.56. The second-order valence-corrected chi connectivity index (χ2v) is 8.26. The number of nitrogens with one attached hydrogen (secondary N) is 1. The number of phenols is 1. The number of amides is 1. The fraction of sp³-hybridized carbons (Fsp3) is 0.450. The highest BCUT2D eigenvalue weighted by atomic mass is 35.5. The lowest BCUT2D eigenvalue weighted by Gasteiger charge is -2.26. The molecule has 1 fully saturated rings. The first kappa shape index (κ1) is 19.4. The van der Waals surface area contributed by atoms with E-state index in [1.807, 2.05) is 6.07 Å². The summed E-state index contributed by atoms with van der Waals surface area (Å²) >= 11 is 6.17. The van der Waals surface area contributed by atoms with Crippen LogP contribution in [-0.2, 0) is 5.41 Å². The minimum atomic E-state index is -0.470. The predicted molar refractivity (Wildman–Crippen MR) is 108 cm³/mol. The van der Waals surface area contributed by atoms with Gasteiger partial charge in [0.15, 0.2) is 5.69 Å². The Kier molecular flexibility index (Phi) is 5.56. The molecular formula is C20H25ClN4O2. The second kappa shape index (κ2) is 7.72. The van der Waals surface area contributed by atoms with Gasteiger partial charge in [0.25, 0.3) is 5.91 Å². The van der Waals surface area contributed by atoms with E-state index >= 15 is 0 Å². The standard InChI is InChI=1S/C20H25ClN4O2/c1-20(2,3)13-7-8-16(26)15(11-13)23-18(27)17-14(21)12-22-19(24-17)25-9-5-4-6-10-25/h7-8,11-12,26H,4-6,9-10H2,1-3H3,(H,23,27). The minimum absolute atomic E-state index is 0.00205. The van der Waals surface area contributed by atoms with Gasteiger partial charge < -0.3 is 15.3 Å². The number of benzene rings is 1. The van der Waals surface area contributed by atoms with Gasteiger partial charge in [0.05, 0.1) is 16.9 Å². The molecule has 2 N–H and O–H groups in total. The van der Waals surface area contributed by atoms with Crippen LogP contribution in [0.3, 0.4) is 0 Å².